The van der Waals surface area contributed by atoms with E-state index in [-0.39, 0.29) is 11.9 Å². The Kier molecular flexibility index (Phi) is 4.80. The van der Waals surface area contributed by atoms with E-state index in [9.17, 15) is 4.39 Å². The first-order valence-corrected chi connectivity index (χ1v) is 7.17. The highest BCUT2D eigenvalue weighted by Crippen LogP contribution is 2.33. The lowest BCUT2D eigenvalue weighted by atomic mass is 10.0. The minimum atomic E-state index is -0.283. The molecular weight excluding hydrogens is 285 g/mol. The smallest absolute Gasteiger partial charge is 0.132 e. The van der Waals surface area contributed by atoms with Crippen LogP contribution in [0.15, 0.2) is 30.3 Å². The van der Waals surface area contributed by atoms with Crippen molar-refractivity contribution in [3.05, 3.63) is 50.9 Å². The Morgan fingerprint density at radius 2 is 2.16 bits per heavy atom. The monoisotopic (exact) mass is 299 g/mol. The topological polar surface area (TPSA) is 21.3 Å². The third kappa shape index (κ3) is 3.26. The Bertz CT molecular complexity index is 558. The van der Waals surface area contributed by atoms with E-state index in [4.69, 9.17) is 16.3 Å². The summed E-state index contributed by atoms with van der Waals surface area (Å²) in [4.78, 5) is 0.996. The first-order valence-electron chi connectivity index (χ1n) is 5.97. The maximum atomic E-state index is 14.2. The second kappa shape index (κ2) is 6.37. The quantitative estimate of drug-likeness (QED) is 0.891. The number of rotatable bonds is 5. The van der Waals surface area contributed by atoms with Gasteiger partial charge in [-0.25, -0.2) is 4.39 Å². The van der Waals surface area contributed by atoms with E-state index in [0.717, 1.165) is 11.4 Å². The minimum Gasteiger partial charge on any atom is -0.497 e. The lowest BCUT2D eigenvalue weighted by Gasteiger charge is -2.18. The minimum absolute atomic E-state index is 0.187. The second-order valence-electron chi connectivity index (χ2n) is 4.02. The zero-order valence-corrected chi connectivity index (χ0v) is 12.3. The lowest BCUT2D eigenvalue weighted by molar-refractivity contribution is 0.410. The van der Waals surface area contributed by atoms with Gasteiger partial charge in [0, 0.05) is 16.5 Å². The van der Waals surface area contributed by atoms with Crippen LogP contribution in [-0.2, 0) is 0 Å². The van der Waals surface area contributed by atoms with Gasteiger partial charge in [-0.05, 0) is 24.7 Å². The summed E-state index contributed by atoms with van der Waals surface area (Å²) < 4.78 is 19.9. The van der Waals surface area contributed by atoms with E-state index < -0.39 is 0 Å². The fraction of sp³-hybridized carbons (Fsp3) is 0.286. The Morgan fingerprint density at radius 1 is 1.37 bits per heavy atom. The molecule has 0 saturated carbocycles. The molecule has 5 heteroatoms. The first kappa shape index (κ1) is 14.3. The molecule has 0 aliphatic carbocycles. The number of halogens is 2. The SMILES string of the molecule is CCNC(c1ccc(Cl)s1)c1ccc(OC)cc1F. The molecule has 1 aromatic heterocycles. The van der Waals surface area contributed by atoms with Crippen LogP contribution in [0.2, 0.25) is 4.34 Å². The van der Waals surface area contributed by atoms with Gasteiger partial charge in [-0.3, -0.25) is 0 Å². The Hall–Kier alpha value is -1.10. The van der Waals surface area contributed by atoms with Gasteiger partial charge < -0.3 is 10.1 Å². The van der Waals surface area contributed by atoms with Gasteiger partial charge in [0.2, 0.25) is 0 Å². The molecular formula is C14H15ClFNOS. The summed E-state index contributed by atoms with van der Waals surface area (Å²) in [6, 6.07) is 8.47. The summed E-state index contributed by atoms with van der Waals surface area (Å²) in [6.07, 6.45) is 0. The van der Waals surface area contributed by atoms with Crippen molar-refractivity contribution < 1.29 is 9.13 Å². The fourth-order valence-electron chi connectivity index (χ4n) is 1.92. The highest BCUT2D eigenvalue weighted by molar-refractivity contribution is 7.16. The molecule has 2 nitrogen and oxygen atoms in total. The van der Waals surface area contributed by atoms with E-state index in [1.54, 1.807) is 12.1 Å². The number of thiophene rings is 1. The van der Waals surface area contributed by atoms with Crippen LogP contribution in [-0.4, -0.2) is 13.7 Å². The highest BCUT2D eigenvalue weighted by Gasteiger charge is 2.19. The van der Waals surface area contributed by atoms with Crippen LogP contribution >= 0.6 is 22.9 Å². The van der Waals surface area contributed by atoms with Crippen molar-refractivity contribution in [2.75, 3.05) is 13.7 Å². The van der Waals surface area contributed by atoms with Crippen LogP contribution < -0.4 is 10.1 Å². The second-order valence-corrected chi connectivity index (χ2v) is 5.77. The molecule has 1 N–H and O–H groups in total. The van der Waals surface area contributed by atoms with E-state index in [0.29, 0.717) is 15.6 Å². The van der Waals surface area contributed by atoms with Crippen molar-refractivity contribution in [2.45, 2.75) is 13.0 Å². The predicted molar refractivity (Wildman–Crippen MR) is 77.8 cm³/mol. The predicted octanol–water partition coefficient (Wildman–Crippen LogP) is 4.25. The third-order valence-electron chi connectivity index (χ3n) is 2.81. The molecule has 1 aromatic carbocycles. The molecule has 2 aromatic rings. The molecule has 0 amide bonds. The van der Waals surface area contributed by atoms with Crippen LogP contribution in [0.5, 0.6) is 5.75 Å². The number of hydrogen-bond acceptors (Lipinski definition) is 3. The van der Waals surface area contributed by atoms with Crippen molar-refractivity contribution in [3.8, 4) is 5.75 Å². The molecule has 102 valence electrons. The normalized spacial score (nSPS) is 12.4. The molecule has 1 heterocycles. The molecule has 1 atom stereocenters. The summed E-state index contributed by atoms with van der Waals surface area (Å²) in [5.74, 6) is 0.232. The average molecular weight is 300 g/mol. The zero-order chi connectivity index (χ0) is 13.8. The standard InChI is InChI=1S/C14H15ClFNOS/c1-3-17-14(12-6-7-13(15)19-12)10-5-4-9(18-2)8-11(10)16/h4-8,14,17H,3H2,1-2H3. The van der Waals surface area contributed by atoms with Gasteiger partial charge >= 0.3 is 0 Å². The molecule has 0 saturated heterocycles. The number of methoxy groups -OCH3 is 1. The maximum absolute atomic E-state index is 14.2. The van der Waals surface area contributed by atoms with Gasteiger partial charge in [-0.1, -0.05) is 24.6 Å². The molecule has 2 rings (SSSR count). The molecule has 0 spiro atoms. The van der Waals surface area contributed by atoms with Crippen molar-refractivity contribution >= 4 is 22.9 Å². The van der Waals surface area contributed by atoms with Gasteiger partial charge in [0.1, 0.15) is 11.6 Å². The molecule has 0 aliphatic rings. The zero-order valence-electron chi connectivity index (χ0n) is 10.7. The van der Waals surface area contributed by atoms with Crippen LogP contribution in [0.3, 0.4) is 0 Å². The third-order valence-corrected chi connectivity index (χ3v) is 4.10. The van der Waals surface area contributed by atoms with Crippen LogP contribution in [0, 0.1) is 5.82 Å². The average Bonchev–Trinajstić information content (AvgIpc) is 2.83. The number of nitrogens with one attached hydrogen (secondary N) is 1. The summed E-state index contributed by atoms with van der Waals surface area (Å²) >= 11 is 7.41. The number of ether oxygens (including phenoxy) is 1. The van der Waals surface area contributed by atoms with Gasteiger partial charge in [0.15, 0.2) is 0 Å². The van der Waals surface area contributed by atoms with Crippen molar-refractivity contribution in [2.24, 2.45) is 0 Å². The van der Waals surface area contributed by atoms with E-state index in [2.05, 4.69) is 5.32 Å². The first-order chi connectivity index (χ1) is 9.15. The van der Waals surface area contributed by atoms with Crippen molar-refractivity contribution in [1.29, 1.82) is 0 Å². The number of benzene rings is 1. The molecule has 0 bridgehead atoms. The highest BCUT2D eigenvalue weighted by atomic mass is 35.5. The van der Waals surface area contributed by atoms with Crippen molar-refractivity contribution in [3.63, 3.8) is 0 Å². The Morgan fingerprint density at radius 3 is 2.68 bits per heavy atom. The molecule has 19 heavy (non-hydrogen) atoms. The van der Waals surface area contributed by atoms with Gasteiger partial charge in [0.05, 0.1) is 17.5 Å². The maximum Gasteiger partial charge on any atom is 0.132 e. The molecule has 0 fully saturated rings. The van der Waals surface area contributed by atoms with E-state index in [1.165, 1.54) is 24.5 Å². The van der Waals surface area contributed by atoms with Gasteiger partial charge in [-0.15, -0.1) is 11.3 Å². The molecule has 1 unspecified atom stereocenters. The summed E-state index contributed by atoms with van der Waals surface area (Å²) in [5, 5.41) is 3.28. The summed E-state index contributed by atoms with van der Waals surface area (Å²) in [6.45, 7) is 2.73. The van der Waals surface area contributed by atoms with Gasteiger partial charge in [0.25, 0.3) is 0 Å². The Labute approximate surface area is 121 Å². The van der Waals surface area contributed by atoms with Gasteiger partial charge in [-0.2, -0.15) is 0 Å². The van der Waals surface area contributed by atoms with Crippen LogP contribution in [0.4, 0.5) is 4.39 Å². The molecule has 0 radical (unpaired) electrons. The molecule has 0 aliphatic heterocycles. The van der Waals surface area contributed by atoms with E-state index >= 15 is 0 Å². The summed E-state index contributed by atoms with van der Waals surface area (Å²) in [5.41, 5.74) is 0.598. The largest absolute Gasteiger partial charge is 0.497 e. The number of hydrogen-bond donors (Lipinski definition) is 1. The van der Waals surface area contributed by atoms with E-state index in [1.807, 2.05) is 19.1 Å². The summed E-state index contributed by atoms with van der Waals surface area (Å²) in [7, 11) is 1.52. The fourth-order valence-corrected chi connectivity index (χ4v) is 3.08. The van der Waals surface area contributed by atoms with Crippen molar-refractivity contribution in [1.82, 2.24) is 5.32 Å². The van der Waals surface area contributed by atoms with Crippen LogP contribution in [0.25, 0.3) is 0 Å². The van der Waals surface area contributed by atoms with Crippen LogP contribution in [0.1, 0.15) is 23.4 Å². The lowest BCUT2D eigenvalue weighted by Crippen LogP contribution is -2.22. The Balaban J connectivity index is 2.39.